The summed E-state index contributed by atoms with van der Waals surface area (Å²) in [5.74, 6) is 0. The van der Waals surface area contributed by atoms with Crippen LogP contribution in [0.4, 0.5) is 0 Å². The molecule has 0 fully saturated rings. The molecule has 0 unspecified atom stereocenters. The van der Waals surface area contributed by atoms with Gasteiger partial charge >= 0.3 is 7.12 Å². The van der Waals surface area contributed by atoms with Gasteiger partial charge in [-0.2, -0.15) is 5.10 Å². The SMILES string of the molecule is Cn1ncc2c(=O)n(Cc3cccc(B(O)O)c3)nnc21. The van der Waals surface area contributed by atoms with Gasteiger partial charge in [-0.05, 0) is 11.0 Å². The maximum Gasteiger partial charge on any atom is 0.488 e. The molecule has 8 nitrogen and oxygen atoms in total. The summed E-state index contributed by atoms with van der Waals surface area (Å²) in [5, 5.41) is 30.5. The van der Waals surface area contributed by atoms with Crippen LogP contribution in [0.2, 0.25) is 0 Å². The summed E-state index contributed by atoms with van der Waals surface area (Å²) in [6.07, 6.45) is 1.46. The summed E-state index contributed by atoms with van der Waals surface area (Å²) in [7, 11) is 0.140. The van der Waals surface area contributed by atoms with E-state index in [4.69, 9.17) is 10.0 Å². The highest BCUT2D eigenvalue weighted by molar-refractivity contribution is 6.58. The van der Waals surface area contributed by atoms with Gasteiger partial charge in [0.1, 0.15) is 5.39 Å². The molecule has 2 N–H and O–H groups in total. The molecule has 2 heterocycles. The summed E-state index contributed by atoms with van der Waals surface area (Å²) in [5.41, 5.74) is 1.22. The number of nitrogens with zero attached hydrogens (tertiary/aromatic N) is 5. The van der Waals surface area contributed by atoms with Crippen LogP contribution in [0.15, 0.2) is 35.3 Å². The van der Waals surface area contributed by atoms with E-state index in [1.807, 2.05) is 0 Å². The molecule has 3 aromatic rings. The van der Waals surface area contributed by atoms with E-state index in [2.05, 4.69) is 15.4 Å². The van der Waals surface area contributed by atoms with E-state index >= 15 is 0 Å². The van der Waals surface area contributed by atoms with Crippen molar-refractivity contribution < 1.29 is 10.0 Å². The molecule has 0 spiro atoms. The van der Waals surface area contributed by atoms with Gasteiger partial charge in [-0.25, -0.2) is 9.36 Å². The predicted octanol–water partition coefficient (Wildman–Crippen LogP) is -1.75. The van der Waals surface area contributed by atoms with Crippen LogP contribution in [0.25, 0.3) is 11.0 Å². The Morgan fingerprint density at radius 3 is 2.90 bits per heavy atom. The standard InChI is InChI=1S/C12H12BN5O3/c1-17-11-10(6-14-17)12(19)18(16-15-11)7-8-3-2-4-9(5-8)13(20)21/h2-6,20-21H,7H2,1H3. The molecule has 0 aliphatic heterocycles. The van der Waals surface area contributed by atoms with Gasteiger partial charge in [-0.3, -0.25) is 4.79 Å². The van der Waals surface area contributed by atoms with Crippen molar-refractivity contribution >= 4 is 23.6 Å². The highest BCUT2D eigenvalue weighted by Crippen LogP contribution is 2.03. The number of aryl methyl sites for hydroxylation is 1. The van der Waals surface area contributed by atoms with Crippen molar-refractivity contribution in [3.63, 3.8) is 0 Å². The zero-order valence-corrected chi connectivity index (χ0v) is 11.2. The maximum absolute atomic E-state index is 12.3. The maximum atomic E-state index is 12.3. The molecule has 0 aliphatic carbocycles. The third-order valence-corrected chi connectivity index (χ3v) is 3.20. The third kappa shape index (κ3) is 2.44. The fourth-order valence-corrected chi connectivity index (χ4v) is 2.10. The van der Waals surface area contributed by atoms with Gasteiger partial charge in [-0.15, -0.1) is 5.10 Å². The summed E-state index contributed by atoms with van der Waals surface area (Å²) in [4.78, 5) is 12.3. The van der Waals surface area contributed by atoms with Crippen LogP contribution in [-0.2, 0) is 13.6 Å². The molecule has 1 aromatic carbocycles. The Kier molecular flexibility index (Phi) is 3.28. The molecule has 9 heteroatoms. The summed E-state index contributed by atoms with van der Waals surface area (Å²) >= 11 is 0. The molecule has 0 saturated heterocycles. The highest BCUT2D eigenvalue weighted by atomic mass is 16.4. The lowest BCUT2D eigenvalue weighted by Crippen LogP contribution is -2.30. The smallest absolute Gasteiger partial charge is 0.423 e. The normalized spacial score (nSPS) is 11.0. The quantitative estimate of drug-likeness (QED) is 0.553. The minimum atomic E-state index is -1.55. The Hall–Kier alpha value is -2.52. The van der Waals surface area contributed by atoms with Gasteiger partial charge in [-0.1, -0.05) is 29.5 Å². The van der Waals surface area contributed by atoms with Crippen molar-refractivity contribution in [3.05, 3.63) is 46.4 Å². The molecule has 21 heavy (non-hydrogen) atoms. The number of hydrogen-bond donors (Lipinski definition) is 2. The largest absolute Gasteiger partial charge is 0.488 e. The number of rotatable bonds is 3. The molecule has 0 aliphatic rings. The van der Waals surface area contributed by atoms with Crippen molar-refractivity contribution in [3.8, 4) is 0 Å². The Morgan fingerprint density at radius 2 is 2.14 bits per heavy atom. The first kappa shape index (κ1) is 13.5. The molecule has 0 bridgehead atoms. The predicted molar refractivity (Wildman–Crippen MR) is 75.9 cm³/mol. The van der Waals surface area contributed by atoms with Crippen molar-refractivity contribution in [2.45, 2.75) is 6.54 Å². The average Bonchev–Trinajstić information content (AvgIpc) is 2.84. The molecule has 0 atom stereocenters. The van der Waals surface area contributed by atoms with E-state index in [0.717, 1.165) is 5.56 Å². The monoisotopic (exact) mass is 285 g/mol. The van der Waals surface area contributed by atoms with Gasteiger partial charge in [0.2, 0.25) is 0 Å². The van der Waals surface area contributed by atoms with Crippen LogP contribution < -0.4 is 11.0 Å². The third-order valence-electron chi connectivity index (χ3n) is 3.20. The van der Waals surface area contributed by atoms with Gasteiger partial charge in [0.05, 0.1) is 12.7 Å². The van der Waals surface area contributed by atoms with E-state index in [9.17, 15) is 4.79 Å². The summed E-state index contributed by atoms with van der Waals surface area (Å²) in [6.45, 7) is 0.192. The average molecular weight is 285 g/mol. The first-order valence-corrected chi connectivity index (χ1v) is 6.27. The van der Waals surface area contributed by atoms with Crippen LogP contribution in [0, 0.1) is 0 Å². The Bertz CT molecular complexity index is 857. The zero-order chi connectivity index (χ0) is 15.0. The molecule has 106 valence electrons. The molecule has 3 rings (SSSR count). The first-order chi connectivity index (χ1) is 10.1. The number of fused-ring (bicyclic) bond motifs is 1. The number of benzene rings is 1. The zero-order valence-electron chi connectivity index (χ0n) is 11.2. The molecule has 2 aromatic heterocycles. The number of hydrogen-bond acceptors (Lipinski definition) is 6. The lowest BCUT2D eigenvalue weighted by Gasteiger charge is -2.06. The minimum Gasteiger partial charge on any atom is -0.423 e. The highest BCUT2D eigenvalue weighted by Gasteiger charge is 2.13. The fraction of sp³-hybridized carbons (Fsp3) is 0.167. The van der Waals surface area contributed by atoms with Crippen LogP contribution in [0.3, 0.4) is 0 Å². The van der Waals surface area contributed by atoms with Gasteiger partial charge in [0, 0.05) is 7.05 Å². The lowest BCUT2D eigenvalue weighted by molar-refractivity contribution is 0.425. The fourth-order valence-electron chi connectivity index (χ4n) is 2.10. The Labute approximate surface area is 119 Å². The summed E-state index contributed by atoms with van der Waals surface area (Å²) < 4.78 is 2.70. The second-order valence-corrected chi connectivity index (χ2v) is 4.68. The number of aromatic nitrogens is 5. The Morgan fingerprint density at radius 1 is 1.33 bits per heavy atom. The topological polar surface area (TPSA) is 106 Å². The van der Waals surface area contributed by atoms with Gasteiger partial charge in [0.15, 0.2) is 5.65 Å². The second kappa shape index (κ2) is 5.11. The van der Waals surface area contributed by atoms with Gasteiger partial charge in [0.25, 0.3) is 5.56 Å². The van der Waals surface area contributed by atoms with Crippen molar-refractivity contribution in [2.24, 2.45) is 7.05 Å². The van der Waals surface area contributed by atoms with E-state index in [1.54, 1.807) is 31.3 Å². The van der Waals surface area contributed by atoms with E-state index in [1.165, 1.54) is 15.6 Å². The molecule has 0 radical (unpaired) electrons. The van der Waals surface area contributed by atoms with Crippen molar-refractivity contribution in [2.75, 3.05) is 0 Å². The van der Waals surface area contributed by atoms with Crippen LogP contribution >= 0.6 is 0 Å². The molecular weight excluding hydrogens is 273 g/mol. The molecule has 0 saturated carbocycles. The first-order valence-electron chi connectivity index (χ1n) is 6.27. The van der Waals surface area contributed by atoms with Crippen LogP contribution in [0.5, 0.6) is 0 Å². The van der Waals surface area contributed by atoms with Crippen LogP contribution in [0.1, 0.15) is 5.56 Å². The second-order valence-electron chi connectivity index (χ2n) is 4.68. The lowest BCUT2D eigenvalue weighted by atomic mass is 9.80. The Balaban J connectivity index is 2.00. The van der Waals surface area contributed by atoms with Crippen molar-refractivity contribution in [1.29, 1.82) is 0 Å². The minimum absolute atomic E-state index is 0.192. The van der Waals surface area contributed by atoms with E-state index < -0.39 is 7.12 Å². The van der Waals surface area contributed by atoms with E-state index in [0.29, 0.717) is 16.5 Å². The van der Waals surface area contributed by atoms with Crippen LogP contribution in [-0.4, -0.2) is 41.9 Å². The van der Waals surface area contributed by atoms with Crippen molar-refractivity contribution in [1.82, 2.24) is 24.8 Å². The molecular formula is C12H12BN5O3. The molecule has 0 amide bonds. The van der Waals surface area contributed by atoms with Gasteiger partial charge < -0.3 is 10.0 Å². The van der Waals surface area contributed by atoms with E-state index in [-0.39, 0.29) is 12.1 Å². The summed E-state index contributed by atoms with van der Waals surface area (Å²) in [6, 6.07) is 6.65.